The predicted octanol–water partition coefficient (Wildman–Crippen LogP) is 0.960. The van der Waals surface area contributed by atoms with E-state index in [0.29, 0.717) is 48.7 Å². The highest BCUT2D eigenvalue weighted by molar-refractivity contribution is 5.95. The molecule has 2 aliphatic heterocycles. The van der Waals surface area contributed by atoms with Gasteiger partial charge in [0.2, 0.25) is 0 Å². The summed E-state index contributed by atoms with van der Waals surface area (Å²) >= 11 is 0. The third-order valence-electron chi connectivity index (χ3n) is 2.99. The van der Waals surface area contributed by atoms with Crippen molar-refractivity contribution in [3.05, 3.63) is 16.7 Å². The average molecular weight is 222 g/mol. The maximum Gasteiger partial charge on any atom is 0.339 e. The van der Waals surface area contributed by atoms with E-state index in [9.17, 15) is 15.0 Å². The predicted molar refractivity (Wildman–Crippen MR) is 53.5 cm³/mol. The summed E-state index contributed by atoms with van der Waals surface area (Å²) in [7, 11) is 0. The van der Waals surface area contributed by atoms with Gasteiger partial charge in [-0.2, -0.15) is 0 Å². The number of rotatable bonds is 1. The minimum atomic E-state index is -1.03. The minimum Gasteiger partial charge on any atom is -0.504 e. The Kier molecular flexibility index (Phi) is 1.77. The second-order valence-electron chi connectivity index (χ2n) is 3.84. The maximum atomic E-state index is 11.2. The molecular formula is C11H10O5. The second-order valence-corrected chi connectivity index (χ2v) is 3.84. The molecule has 1 aromatic carbocycles. The van der Waals surface area contributed by atoms with Crippen molar-refractivity contribution in [3.8, 4) is 17.2 Å². The van der Waals surface area contributed by atoms with Crippen molar-refractivity contribution in [3.63, 3.8) is 0 Å². The van der Waals surface area contributed by atoms with Gasteiger partial charge >= 0.3 is 5.97 Å². The molecule has 0 bridgehead atoms. The van der Waals surface area contributed by atoms with Gasteiger partial charge in [-0.3, -0.25) is 0 Å². The van der Waals surface area contributed by atoms with E-state index < -0.39 is 5.97 Å². The Labute approximate surface area is 91.2 Å². The molecule has 84 valence electrons. The van der Waals surface area contributed by atoms with Crippen LogP contribution in [0, 0.1) is 0 Å². The van der Waals surface area contributed by atoms with Gasteiger partial charge in [-0.1, -0.05) is 0 Å². The molecular weight excluding hydrogens is 212 g/mol. The molecule has 16 heavy (non-hydrogen) atoms. The third-order valence-corrected chi connectivity index (χ3v) is 2.99. The molecule has 0 saturated carbocycles. The lowest BCUT2D eigenvalue weighted by molar-refractivity contribution is 0.0692. The van der Waals surface area contributed by atoms with E-state index in [1.54, 1.807) is 0 Å². The van der Waals surface area contributed by atoms with Crippen LogP contribution in [0.15, 0.2) is 0 Å². The van der Waals surface area contributed by atoms with E-state index in [-0.39, 0.29) is 11.3 Å². The number of carboxylic acid groups (broad SMARTS) is 1. The van der Waals surface area contributed by atoms with Crippen LogP contribution in [0.4, 0.5) is 0 Å². The smallest absolute Gasteiger partial charge is 0.339 e. The van der Waals surface area contributed by atoms with Crippen LogP contribution in [0.3, 0.4) is 0 Å². The Bertz CT molecular complexity index is 457. The number of aromatic carboxylic acids is 1. The second kappa shape index (κ2) is 3.04. The molecule has 0 spiro atoms. The molecule has 0 saturated heterocycles. The van der Waals surface area contributed by atoms with Crippen molar-refractivity contribution >= 4 is 5.97 Å². The number of fused-ring (bicyclic) bond motifs is 2. The van der Waals surface area contributed by atoms with Crippen LogP contribution in [0.1, 0.15) is 21.5 Å². The first-order valence-electron chi connectivity index (χ1n) is 5.09. The number of carbonyl (C=O) groups is 1. The Hall–Kier alpha value is -1.91. The fraction of sp³-hybridized carbons (Fsp3) is 0.364. The first kappa shape index (κ1) is 9.33. The van der Waals surface area contributed by atoms with E-state index in [4.69, 9.17) is 9.47 Å². The Morgan fingerprint density at radius 3 is 2.38 bits per heavy atom. The molecule has 0 unspecified atom stereocenters. The molecule has 0 atom stereocenters. The number of hydrogen-bond acceptors (Lipinski definition) is 4. The number of carboxylic acids is 1. The summed E-state index contributed by atoms with van der Waals surface area (Å²) in [6.45, 7) is 0.818. The van der Waals surface area contributed by atoms with Crippen LogP contribution in [0.25, 0.3) is 0 Å². The zero-order valence-electron chi connectivity index (χ0n) is 8.45. The molecule has 0 radical (unpaired) electrons. The van der Waals surface area contributed by atoms with E-state index in [1.165, 1.54) is 0 Å². The van der Waals surface area contributed by atoms with Gasteiger partial charge in [-0.25, -0.2) is 4.79 Å². The lowest BCUT2D eigenvalue weighted by Gasteiger charge is -2.11. The van der Waals surface area contributed by atoms with Gasteiger partial charge < -0.3 is 19.7 Å². The average Bonchev–Trinajstić information content (AvgIpc) is 2.84. The van der Waals surface area contributed by atoms with Crippen LogP contribution in [0.2, 0.25) is 0 Å². The van der Waals surface area contributed by atoms with Gasteiger partial charge in [-0.05, 0) is 0 Å². The summed E-state index contributed by atoms with van der Waals surface area (Å²) in [5, 5.41) is 19.1. The topological polar surface area (TPSA) is 76.0 Å². The maximum absolute atomic E-state index is 11.2. The van der Waals surface area contributed by atoms with E-state index >= 15 is 0 Å². The molecule has 0 aromatic heterocycles. The Balaban J connectivity index is 2.36. The molecule has 5 heteroatoms. The third kappa shape index (κ3) is 1.02. The summed E-state index contributed by atoms with van der Waals surface area (Å²) in [4.78, 5) is 11.2. The largest absolute Gasteiger partial charge is 0.504 e. The molecule has 2 N–H and O–H groups in total. The molecule has 0 aliphatic carbocycles. The fourth-order valence-corrected chi connectivity index (χ4v) is 2.31. The van der Waals surface area contributed by atoms with Gasteiger partial charge in [0.15, 0.2) is 11.5 Å². The lowest BCUT2D eigenvalue weighted by Crippen LogP contribution is -2.04. The molecule has 0 fully saturated rings. The van der Waals surface area contributed by atoms with Gasteiger partial charge in [0.05, 0.1) is 13.2 Å². The molecule has 1 aromatic rings. The van der Waals surface area contributed by atoms with Crippen molar-refractivity contribution in [2.24, 2.45) is 0 Å². The molecule has 3 rings (SSSR count). The lowest BCUT2D eigenvalue weighted by atomic mass is 9.98. The number of ether oxygens (including phenoxy) is 2. The van der Waals surface area contributed by atoms with Crippen molar-refractivity contribution < 1.29 is 24.5 Å². The SMILES string of the molecule is O=C(O)c1c2c(c(O)c3c1OCC3)OCC2. The van der Waals surface area contributed by atoms with Crippen LogP contribution in [-0.4, -0.2) is 29.4 Å². The molecule has 2 aliphatic rings. The van der Waals surface area contributed by atoms with E-state index in [2.05, 4.69) is 0 Å². The monoisotopic (exact) mass is 222 g/mol. The van der Waals surface area contributed by atoms with Crippen LogP contribution in [0.5, 0.6) is 17.2 Å². The summed E-state index contributed by atoms with van der Waals surface area (Å²) < 4.78 is 10.6. The number of benzene rings is 1. The minimum absolute atomic E-state index is 0.0463. The number of aromatic hydroxyl groups is 1. The zero-order valence-corrected chi connectivity index (χ0v) is 8.45. The highest BCUT2D eigenvalue weighted by Crippen LogP contribution is 2.48. The zero-order chi connectivity index (χ0) is 11.3. The number of phenols is 1. The highest BCUT2D eigenvalue weighted by Gasteiger charge is 2.34. The highest BCUT2D eigenvalue weighted by atomic mass is 16.5. The van der Waals surface area contributed by atoms with Crippen LogP contribution < -0.4 is 9.47 Å². The fourth-order valence-electron chi connectivity index (χ4n) is 2.31. The van der Waals surface area contributed by atoms with Crippen molar-refractivity contribution in [1.29, 1.82) is 0 Å². The summed E-state index contributed by atoms with van der Waals surface area (Å²) in [5.74, 6) is -0.346. The Morgan fingerprint density at radius 2 is 1.69 bits per heavy atom. The van der Waals surface area contributed by atoms with Gasteiger partial charge in [0.1, 0.15) is 11.3 Å². The van der Waals surface area contributed by atoms with Crippen molar-refractivity contribution in [1.82, 2.24) is 0 Å². The van der Waals surface area contributed by atoms with E-state index in [1.807, 2.05) is 0 Å². The summed E-state index contributed by atoms with van der Waals surface area (Å²) in [6, 6.07) is 0. The first-order chi connectivity index (χ1) is 7.70. The Morgan fingerprint density at radius 1 is 1.06 bits per heavy atom. The standard InChI is InChI=1S/C11H10O5/c12-8-6-2-4-15-9(6)7(11(13)14)5-1-3-16-10(5)8/h12H,1-4H2,(H,13,14). The van der Waals surface area contributed by atoms with Gasteiger partial charge in [0, 0.05) is 24.0 Å². The van der Waals surface area contributed by atoms with Crippen LogP contribution in [-0.2, 0) is 12.8 Å². The molecule has 0 amide bonds. The van der Waals surface area contributed by atoms with Crippen molar-refractivity contribution in [2.45, 2.75) is 12.8 Å². The normalized spacial score (nSPS) is 16.2. The summed E-state index contributed by atoms with van der Waals surface area (Å²) in [6.07, 6.45) is 1.03. The first-order valence-corrected chi connectivity index (χ1v) is 5.09. The van der Waals surface area contributed by atoms with Crippen molar-refractivity contribution in [2.75, 3.05) is 13.2 Å². The van der Waals surface area contributed by atoms with Gasteiger partial charge in [0.25, 0.3) is 0 Å². The summed E-state index contributed by atoms with van der Waals surface area (Å²) in [5.41, 5.74) is 1.25. The van der Waals surface area contributed by atoms with E-state index in [0.717, 1.165) is 0 Å². The van der Waals surface area contributed by atoms with Crippen LogP contribution >= 0.6 is 0 Å². The number of hydrogen-bond donors (Lipinski definition) is 2. The number of phenolic OH excluding ortho intramolecular Hbond substituents is 1. The quantitative estimate of drug-likeness (QED) is 0.740. The van der Waals surface area contributed by atoms with Gasteiger partial charge in [-0.15, -0.1) is 0 Å². The molecule has 5 nitrogen and oxygen atoms in total. The molecule has 2 heterocycles.